The van der Waals surface area contributed by atoms with Crippen molar-refractivity contribution in [3.05, 3.63) is 54.2 Å². The number of aromatic nitrogens is 3. The van der Waals surface area contributed by atoms with Crippen LogP contribution in [0.1, 0.15) is 44.4 Å². The molecule has 14 heteroatoms. The van der Waals surface area contributed by atoms with Crippen LogP contribution in [-0.4, -0.2) is 79.0 Å². The summed E-state index contributed by atoms with van der Waals surface area (Å²) >= 11 is 0. The van der Waals surface area contributed by atoms with E-state index in [1.54, 1.807) is 12.4 Å². The molecular formula is C28H37N7O7. The highest BCUT2D eigenvalue weighted by Gasteiger charge is 2.31. The number of para-hydroxylation sites is 1. The average molecular weight is 584 g/mol. The second kappa shape index (κ2) is 14.8. The van der Waals surface area contributed by atoms with Crippen LogP contribution in [0.15, 0.2) is 43.0 Å². The fraction of sp³-hybridized carbons (Fsp3) is 0.429. The maximum atomic E-state index is 13.6. The summed E-state index contributed by atoms with van der Waals surface area (Å²) in [7, 11) is 0. The summed E-state index contributed by atoms with van der Waals surface area (Å²) < 4.78 is 0. The van der Waals surface area contributed by atoms with E-state index in [4.69, 9.17) is 10.8 Å². The summed E-state index contributed by atoms with van der Waals surface area (Å²) in [5.74, 6) is -4.70. The molecule has 226 valence electrons. The normalized spacial score (nSPS) is 14.1. The number of rotatable bonds is 16. The summed E-state index contributed by atoms with van der Waals surface area (Å²) in [6.45, 7) is 3.65. The molecule has 3 rings (SSSR count). The summed E-state index contributed by atoms with van der Waals surface area (Å²) in [4.78, 5) is 72.4. The molecule has 2 aromatic heterocycles. The molecule has 0 aliphatic heterocycles. The number of aromatic amines is 2. The smallest absolute Gasteiger partial charge is 0.326 e. The molecule has 0 saturated heterocycles. The van der Waals surface area contributed by atoms with Gasteiger partial charge in [0, 0.05) is 48.3 Å². The number of carboxylic acids is 2. The molecule has 0 saturated carbocycles. The lowest BCUT2D eigenvalue weighted by atomic mass is 10.00. The summed E-state index contributed by atoms with van der Waals surface area (Å²) in [5.41, 5.74) is 8.34. The third-order valence-corrected chi connectivity index (χ3v) is 6.66. The maximum absolute atomic E-state index is 13.6. The van der Waals surface area contributed by atoms with Crippen molar-refractivity contribution >= 4 is 40.6 Å². The number of nitrogens with one attached hydrogen (secondary N) is 5. The summed E-state index contributed by atoms with van der Waals surface area (Å²) in [6.07, 6.45) is 4.34. The molecule has 0 aliphatic rings. The number of carbonyl (C=O) groups excluding carboxylic acids is 3. The Morgan fingerprint density at radius 3 is 2.21 bits per heavy atom. The second-order valence-corrected chi connectivity index (χ2v) is 10.5. The lowest BCUT2D eigenvalue weighted by Crippen LogP contribution is -2.58. The minimum atomic E-state index is -1.46. The topological polar surface area (TPSA) is 232 Å². The van der Waals surface area contributed by atoms with Crippen molar-refractivity contribution in [1.82, 2.24) is 30.9 Å². The quantitative estimate of drug-likeness (QED) is 0.117. The second-order valence-electron chi connectivity index (χ2n) is 10.5. The van der Waals surface area contributed by atoms with Crippen LogP contribution < -0.4 is 21.7 Å². The maximum Gasteiger partial charge on any atom is 0.326 e. The van der Waals surface area contributed by atoms with Gasteiger partial charge in [0.2, 0.25) is 17.7 Å². The number of carbonyl (C=O) groups is 5. The van der Waals surface area contributed by atoms with Crippen molar-refractivity contribution in [1.29, 1.82) is 0 Å². The number of nitrogens with two attached hydrogens (primary N) is 1. The lowest BCUT2D eigenvalue weighted by Gasteiger charge is -2.26. The highest BCUT2D eigenvalue weighted by molar-refractivity contribution is 5.95. The zero-order chi connectivity index (χ0) is 30.8. The van der Waals surface area contributed by atoms with E-state index in [1.807, 2.05) is 38.1 Å². The Morgan fingerprint density at radius 1 is 0.905 bits per heavy atom. The SMILES string of the molecule is CC(C)CC(NC(=O)C(Cc1c[nH]c2ccccc12)NC(=O)C(N)Cc1cnc[nH]1)C(=O)NC(CCC(=O)O)C(=O)O. The molecular weight excluding hydrogens is 546 g/mol. The Morgan fingerprint density at radius 2 is 1.57 bits per heavy atom. The van der Waals surface area contributed by atoms with E-state index in [-0.39, 0.29) is 31.6 Å². The molecule has 0 aliphatic carbocycles. The average Bonchev–Trinajstić information content (AvgIpc) is 3.59. The number of hydrogen-bond donors (Lipinski definition) is 8. The highest BCUT2D eigenvalue weighted by atomic mass is 16.4. The largest absolute Gasteiger partial charge is 0.481 e. The Kier molecular flexibility index (Phi) is 11.2. The third kappa shape index (κ3) is 9.16. The number of nitrogens with zero attached hydrogens (tertiary/aromatic N) is 1. The number of aliphatic carboxylic acids is 2. The van der Waals surface area contributed by atoms with E-state index in [1.165, 1.54) is 6.33 Å². The van der Waals surface area contributed by atoms with Gasteiger partial charge in [0.15, 0.2) is 0 Å². The molecule has 4 unspecified atom stereocenters. The van der Waals surface area contributed by atoms with Gasteiger partial charge in [-0.25, -0.2) is 9.78 Å². The first-order valence-electron chi connectivity index (χ1n) is 13.6. The molecule has 0 spiro atoms. The van der Waals surface area contributed by atoms with Crippen molar-refractivity contribution in [3.63, 3.8) is 0 Å². The number of fused-ring (bicyclic) bond motifs is 1. The van der Waals surface area contributed by atoms with E-state index in [0.29, 0.717) is 5.69 Å². The van der Waals surface area contributed by atoms with Gasteiger partial charge in [-0.3, -0.25) is 19.2 Å². The van der Waals surface area contributed by atoms with Gasteiger partial charge in [0.25, 0.3) is 0 Å². The number of hydrogen-bond acceptors (Lipinski definition) is 7. The number of amides is 3. The van der Waals surface area contributed by atoms with Gasteiger partial charge in [-0.2, -0.15) is 0 Å². The minimum absolute atomic E-state index is 0.0742. The van der Waals surface area contributed by atoms with Crippen molar-refractivity contribution in [2.45, 2.75) is 70.1 Å². The standard InChI is InChI=1S/C28H37N7O7/c1-15(2)9-22(26(39)33-21(28(41)42)7-8-24(36)37)35-27(40)23(10-16-12-31-20-6-4-3-5-18(16)20)34-25(38)19(29)11-17-13-30-14-32-17/h3-6,12-15,19,21-23,31H,7-11,29H2,1-2H3,(H,30,32)(H,33,39)(H,34,38)(H,35,40)(H,36,37)(H,41,42). The van der Waals surface area contributed by atoms with Gasteiger partial charge in [-0.05, 0) is 30.4 Å². The fourth-order valence-electron chi connectivity index (χ4n) is 4.51. The highest BCUT2D eigenvalue weighted by Crippen LogP contribution is 2.19. The Hall–Kier alpha value is -4.72. The molecule has 0 radical (unpaired) electrons. The van der Waals surface area contributed by atoms with Crippen molar-refractivity contribution in [2.24, 2.45) is 11.7 Å². The number of carboxylic acid groups (broad SMARTS) is 2. The van der Waals surface area contributed by atoms with E-state index in [0.717, 1.165) is 16.5 Å². The zero-order valence-corrected chi connectivity index (χ0v) is 23.4. The van der Waals surface area contributed by atoms with Gasteiger partial charge in [-0.15, -0.1) is 0 Å². The Balaban J connectivity index is 1.81. The molecule has 3 aromatic rings. The summed E-state index contributed by atoms with van der Waals surface area (Å²) in [5, 5.41) is 27.0. The van der Waals surface area contributed by atoms with Crippen LogP contribution in [0.25, 0.3) is 10.9 Å². The molecule has 9 N–H and O–H groups in total. The van der Waals surface area contributed by atoms with Crippen molar-refractivity contribution < 1.29 is 34.2 Å². The molecule has 3 amide bonds. The van der Waals surface area contributed by atoms with Crippen LogP contribution in [0, 0.1) is 5.92 Å². The van der Waals surface area contributed by atoms with Crippen molar-refractivity contribution in [2.75, 3.05) is 0 Å². The van der Waals surface area contributed by atoms with Crippen LogP contribution in [0.5, 0.6) is 0 Å². The fourth-order valence-corrected chi connectivity index (χ4v) is 4.51. The molecule has 0 fully saturated rings. The Bertz CT molecular complexity index is 1390. The number of benzene rings is 1. The third-order valence-electron chi connectivity index (χ3n) is 6.66. The zero-order valence-electron chi connectivity index (χ0n) is 23.4. The van der Waals surface area contributed by atoms with Crippen LogP contribution >= 0.6 is 0 Å². The minimum Gasteiger partial charge on any atom is -0.481 e. The molecule has 2 heterocycles. The van der Waals surface area contributed by atoms with Crippen LogP contribution in [-0.2, 0) is 36.8 Å². The number of H-pyrrole nitrogens is 2. The molecule has 0 bridgehead atoms. The predicted octanol–water partition coefficient (Wildman–Crippen LogP) is 0.453. The molecule has 14 nitrogen and oxygen atoms in total. The van der Waals surface area contributed by atoms with Gasteiger partial charge < -0.3 is 41.9 Å². The Labute approximate surface area is 241 Å². The van der Waals surface area contributed by atoms with Crippen LogP contribution in [0.2, 0.25) is 0 Å². The first kappa shape index (κ1) is 31.8. The molecule has 4 atom stereocenters. The first-order chi connectivity index (χ1) is 19.9. The summed E-state index contributed by atoms with van der Waals surface area (Å²) in [6, 6.07) is 2.73. The van der Waals surface area contributed by atoms with Gasteiger partial charge in [0.05, 0.1) is 12.4 Å². The van der Waals surface area contributed by atoms with Gasteiger partial charge in [0.1, 0.15) is 18.1 Å². The van der Waals surface area contributed by atoms with Gasteiger partial charge >= 0.3 is 11.9 Å². The first-order valence-corrected chi connectivity index (χ1v) is 13.6. The molecule has 1 aromatic carbocycles. The van der Waals surface area contributed by atoms with E-state index < -0.39 is 60.2 Å². The molecule has 42 heavy (non-hydrogen) atoms. The van der Waals surface area contributed by atoms with Crippen LogP contribution in [0.3, 0.4) is 0 Å². The lowest BCUT2D eigenvalue weighted by molar-refractivity contribution is -0.143. The van der Waals surface area contributed by atoms with Crippen LogP contribution in [0.4, 0.5) is 0 Å². The van der Waals surface area contributed by atoms with Gasteiger partial charge in [-0.1, -0.05) is 32.0 Å². The van der Waals surface area contributed by atoms with E-state index >= 15 is 0 Å². The number of imidazole rings is 1. The van der Waals surface area contributed by atoms with E-state index in [2.05, 4.69) is 30.9 Å². The monoisotopic (exact) mass is 583 g/mol. The predicted molar refractivity (Wildman–Crippen MR) is 152 cm³/mol. The van der Waals surface area contributed by atoms with Crippen molar-refractivity contribution in [3.8, 4) is 0 Å². The van der Waals surface area contributed by atoms with E-state index in [9.17, 15) is 29.1 Å².